The fourth-order valence-electron chi connectivity index (χ4n) is 9.54. The summed E-state index contributed by atoms with van der Waals surface area (Å²) in [4.78, 5) is 20.5. The first-order chi connectivity index (χ1) is 30.7. The summed E-state index contributed by atoms with van der Waals surface area (Å²) >= 11 is 0. The number of para-hydroxylation sites is 2. The second-order valence-electron chi connectivity index (χ2n) is 17.3. The predicted molar refractivity (Wildman–Crippen MR) is 263 cm³/mol. The van der Waals surface area contributed by atoms with Gasteiger partial charge < -0.3 is 4.90 Å². The van der Waals surface area contributed by atoms with E-state index in [1.54, 1.807) is 0 Å². The van der Waals surface area contributed by atoms with E-state index in [4.69, 9.17) is 15.0 Å². The molecule has 0 saturated heterocycles. The van der Waals surface area contributed by atoms with Crippen LogP contribution >= 0.6 is 0 Å². The van der Waals surface area contributed by atoms with Crippen LogP contribution in [0, 0.1) is 0 Å². The number of benzene rings is 7. The molecule has 5 heteroatoms. The van der Waals surface area contributed by atoms with E-state index < -0.39 is 0 Å². The lowest BCUT2D eigenvalue weighted by atomic mass is 9.69. The van der Waals surface area contributed by atoms with Crippen molar-refractivity contribution >= 4 is 40.0 Å². The van der Waals surface area contributed by atoms with E-state index >= 15 is 0 Å². The van der Waals surface area contributed by atoms with Crippen LogP contribution in [0.4, 0.5) is 34.4 Å². The molecule has 8 aromatic rings. The normalized spacial score (nSPS) is 14.7. The molecule has 7 aromatic carbocycles. The van der Waals surface area contributed by atoms with Gasteiger partial charge in [0.1, 0.15) is 0 Å². The van der Waals surface area contributed by atoms with Crippen LogP contribution in [0.15, 0.2) is 201 Å². The van der Waals surface area contributed by atoms with Crippen molar-refractivity contribution in [1.29, 1.82) is 0 Å². The van der Waals surface area contributed by atoms with Crippen molar-refractivity contribution in [2.45, 2.75) is 45.4 Å². The van der Waals surface area contributed by atoms with Crippen LogP contribution in [0.2, 0.25) is 0 Å². The van der Waals surface area contributed by atoms with Crippen molar-refractivity contribution < 1.29 is 0 Å². The van der Waals surface area contributed by atoms with Gasteiger partial charge >= 0.3 is 0 Å². The Kier molecular flexibility index (Phi) is 9.83. The quantitative estimate of drug-likeness (QED) is 0.143. The third-order valence-corrected chi connectivity index (χ3v) is 12.7. The Morgan fingerprint density at radius 1 is 0.476 bits per heavy atom. The molecule has 0 spiro atoms. The third-order valence-electron chi connectivity index (χ3n) is 12.7. The van der Waals surface area contributed by atoms with Crippen molar-refractivity contribution in [3.63, 3.8) is 0 Å². The van der Waals surface area contributed by atoms with Gasteiger partial charge in [-0.3, -0.25) is 4.90 Å². The zero-order chi connectivity index (χ0) is 43.3. The molecule has 2 aliphatic heterocycles. The van der Waals surface area contributed by atoms with Crippen LogP contribution in [0.5, 0.6) is 0 Å². The third kappa shape index (κ3) is 6.77. The molecular formula is C58H49N5. The van der Waals surface area contributed by atoms with E-state index in [2.05, 4.69) is 203 Å². The smallest absolute Gasteiger partial charge is 0.238 e. The van der Waals surface area contributed by atoms with Crippen LogP contribution in [0.1, 0.15) is 62.4 Å². The second kappa shape index (κ2) is 15.7. The van der Waals surface area contributed by atoms with Crippen molar-refractivity contribution in [2.24, 2.45) is 0 Å². The maximum absolute atomic E-state index is 5.32. The molecule has 0 atom stereocenters. The zero-order valence-corrected chi connectivity index (χ0v) is 36.4. The lowest BCUT2D eigenvalue weighted by Gasteiger charge is -2.46. The molecule has 0 bridgehead atoms. The number of aromatic nitrogens is 3. The summed E-state index contributed by atoms with van der Waals surface area (Å²) in [5.41, 5.74) is 16.0. The maximum Gasteiger partial charge on any atom is 0.238 e. The summed E-state index contributed by atoms with van der Waals surface area (Å²) < 4.78 is 0. The summed E-state index contributed by atoms with van der Waals surface area (Å²) in [5.74, 6) is 1.82. The number of nitrogens with zero attached hydrogens (tertiary/aromatic N) is 5. The van der Waals surface area contributed by atoms with E-state index in [0.29, 0.717) is 17.6 Å². The van der Waals surface area contributed by atoms with Gasteiger partial charge in [-0.2, -0.15) is 9.97 Å². The van der Waals surface area contributed by atoms with Crippen molar-refractivity contribution in [3.05, 3.63) is 229 Å². The minimum atomic E-state index is -0.384. The van der Waals surface area contributed by atoms with Gasteiger partial charge in [-0.05, 0) is 93.9 Å². The molecule has 3 heterocycles. The van der Waals surface area contributed by atoms with Crippen LogP contribution in [0.25, 0.3) is 39.5 Å². The monoisotopic (exact) mass is 815 g/mol. The molecule has 0 aliphatic carbocycles. The van der Waals surface area contributed by atoms with Gasteiger partial charge in [0.2, 0.25) is 5.95 Å². The first kappa shape index (κ1) is 39.5. The van der Waals surface area contributed by atoms with Crippen LogP contribution in [0.3, 0.4) is 0 Å². The highest BCUT2D eigenvalue weighted by molar-refractivity contribution is 5.94. The average Bonchev–Trinajstić information content (AvgIpc) is 3.32. The molecule has 306 valence electrons. The number of hydrogen-bond acceptors (Lipinski definition) is 5. The van der Waals surface area contributed by atoms with Crippen LogP contribution in [-0.2, 0) is 10.8 Å². The SMILES string of the molecule is C=C/C=C(\C=C/C)c1cc(-c2ccccc2)cc(N2c3ccccc3C(C)(C)c3cc4c(cc32)C(C)(C)c2ccccc2N4c2nc(-c3ccccc3)nc(-c3ccccc3)n2)c1. The molecular weight excluding hydrogens is 767 g/mol. The minimum absolute atomic E-state index is 0.369. The standard InChI is InChI=1S/C58H49N5/c1-7-22-39(23-8-2)43-34-44(40-24-12-9-13-25-40)36-45(35-43)62-50-32-20-18-30-46(50)57(3,4)48-38-53-49(37-52(48)62)58(5,6)47-31-19-21-33-51(47)63(53)56-60-54(41-26-14-10-15-27-41)59-55(61-56)42-28-16-11-17-29-42/h7-38H,1H2,2-6H3/b23-8-,39-22+. The van der Waals surface area contributed by atoms with Gasteiger partial charge in [-0.1, -0.05) is 186 Å². The van der Waals surface area contributed by atoms with Crippen molar-refractivity contribution in [2.75, 3.05) is 9.80 Å². The number of rotatable bonds is 8. The predicted octanol–water partition coefficient (Wildman–Crippen LogP) is 15.2. The number of fused-ring (bicyclic) bond motifs is 4. The Labute approximate surface area is 371 Å². The zero-order valence-electron chi connectivity index (χ0n) is 36.4. The van der Waals surface area contributed by atoms with Gasteiger partial charge in [-0.25, -0.2) is 4.98 Å². The Morgan fingerprint density at radius 3 is 1.48 bits per heavy atom. The van der Waals surface area contributed by atoms with E-state index in [0.717, 1.165) is 61.8 Å². The van der Waals surface area contributed by atoms with Gasteiger partial charge in [-0.15, -0.1) is 0 Å². The lowest BCUT2D eigenvalue weighted by molar-refractivity contribution is 0.614. The highest BCUT2D eigenvalue weighted by Gasteiger charge is 2.43. The van der Waals surface area contributed by atoms with E-state index in [9.17, 15) is 0 Å². The number of allylic oxidation sites excluding steroid dienone is 5. The molecule has 0 saturated carbocycles. The van der Waals surface area contributed by atoms with Gasteiger partial charge in [0, 0.05) is 27.6 Å². The molecule has 0 radical (unpaired) electrons. The molecule has 63 heavy (non-hydrogen) atoms. The molecule has 10 rings (SSSR count). The number of anilines is 6. The summed E-state index contributed by atoms with van der Waals surface area (Å²) in [6, 6.07) is 60.5. The van der Waals surface area contributed by atoms with E-state index in [1.807, 2.05) is 42.5 Å². The van der Waals surface area contributed by atoms with Crippen molar-refractivity contribution in [1.82, 2.24) is 15.0 Å². The molecule has 0 fully saturated rings. The molecule has 2 aliphatic rings. The highest BCUT2D eigenvalue weighted by atomic mass is 15.3. The summed E-state index contributed by atoms with van der Waals surface area (Å²) in [6.07, 6.45) is 8.21. The molecule has 0 N–H and O–H groups in total. The fraction of sp³-hybridized carbons (Fsp3) is 0.121. The Hall–Kier alpha value is -7.63. The average molecular weight is 816 g/mol. The topological polar surface area (TPSA) is 45.2 Å². The second-order valence-corrected chi connectivity index (χ2v) is 17.3. The Bertz CT molecular complexity index is 3030. The maximum atomic E-state index is 5.32. The van der Waals surface area contributed by atoms with E-state index in [1.165, 1.54) is 22.3 Å². The highest BCUT2D eigenvalue weighted by Crippen LogP contribution is 2.58. The van der Waals surface area contributed by atoms with Gasteiger partial charge in [0.15, 0.2) is 11.6 Å². The minimum Gasteiger partial charge on any atom is -0.310 e. The largest absolute Gasteiger partial charge is 0.310 e. The first-order valence-corrected chi connectivity index (χ1v) is 21.7. The molecule has 0 amide bonds. The Balaban J connectivity index is 1.26. The fourth-order valence-corrected chi connectivity index (χ4v) is 9.54. The first-order valence-electron chi connectivity index (χ1n) is 21.7. The number of hydrogen-bond donors (Lipinski definition) is 0. The Morgan fingerprint density at radius 2 is 0.952 bits per heavy atom. The van der Waals surface area contributed by atoms with Crippen LogP contribution < -0.4 is 9.80 Å². The lowest BCUT2D eigenvalue weighted by Crippen LogP contribution is -2.35. The van der Waals surface area contributed by atoms with E-state index in [-0.39, 0.29) is 10.8 Å². The molecule has 0 unspecified atom stereocenters. The van der Waals surface area contributed by atoms with Crippen LogP contribution in [-0.4, -0.2) is 15.0 Å². The van der Waals surface area contributed by atoms with Crippen molar-refractivity contribution in [3.8, 4) is 33.9 Å². The summed E-state index contributed by atoms with van der Waals surface area (Å²) in [7, 11) is 0. The van der Waals surface area contributed by atoms with Gasteiger partial charge in [0.05, 0.1) is 22.7 Å². The summed E-state index contributed by atoms with van der Waals surface area (Å²) in [6.45, 7) is 15.5. The molecule has 1 aromatic heterocycles. The molecule has 5 nitrogen and oxygen atoms in total. The van der Waals surface area contributed by atoms with Gasteiger partial charge in [0.25, 0.3) is 0 Å². The summed E-state index contributed by atoms with van der Waals surface area (Å²) in [5, 5.41) is 0.